The summed E-state index contributed by atoms with van der Waals surface area (Å²) in [5.41, 5.74) is -3.08. The number of hydrogen-bond acceptors (Lipinski definition) is 9. The Bertz CT molecular complexity index is 1430. The third kappa shape index (κ3) is 9.44. The standard InChI is InChI=1S/C17H19NO5.C16H16FNO4.C2H6/c1-3-11-22-15(20)17(2)9-10-18(14(17)19)16(21)23-12-13-7-5-4-6-8-13;1-2-11-22-15(21)16(17)9-6-10-18(14(16)20)13(19)12-7-4-3-5-8-12;1-2/h3-8H,1,9-12H2,2H3;2-5,7-8H,1,6,9-11H2;1-2H3. The Hall–Kier alpha value is -5.13. The first-order valence-electron chi connectivity index (χ1n) is 15.2. The van der Waals surface area contributed by atoms with Gasteiger partial charge in [0, 0.05) is 25.1 Å². The lowest BCUT2D eigenvalue weighted by Crippen LogP contribution is -2.57. The molecule has 4 amide bonds. The molecule has 2 heterocycles. The van der Waals surface area contributed by atoms with Gasteiger partial charge in [0.15, 0.2) is 0 Å². The number of benzene rings is 2. The number of likely N-dealkylation sites (tertiary alicyclic amines) is 2. The van der Waals surface area contributed by atoms with E-state index in [9.17, 15) is 33.2 Å². The number of carbonyl (C=O) groups excluding carboxylic acids is 6. The highest BCUT2D eigenvalue weighted by molar-refractivity contribution is 6.15. The van der Waals surface area contributed by atoms with Crippen LogP contribution in [0.1, 0.15) is 56.0 Å². The highest BCUT2D eigenvalue weighted by Crippen LogP contribution is 2.33. The second-order valence-corrected chi connectivity index (χ2v) is 10.4. The minimum absolute atomic E-state index is 0.0279. The number of halogens is 1. The van der Waals surface area contributed by atoms with Crippen LogP contribution in [0.15, 0.2) is 86.0 Å². The zero-order valence-electron chi connectivity index (χ0n) is 26.9. The predicted octanol–water partition coefficient (Wildman–Crippen LogP) is 5.20. The van der Waals surface area contributed by atoms with E-state index >= 15 is 0 Å². The van der Waals surface area contributed by atoms with Crippen LogP contribution in [0.4, 0.5) is 9.18 Å². The van der Waals surface area contributed by atoms with Crippen LogP contribution in [-0.2, 0) is 40.0 Å². The van der Waals surface area contributed by atoms with E-state index in [1.165, 1.54) is 31.2 Å². The number of rotatable bonds is 9. The fourth-order valence-corrected chi connectivity index (χ4v) is 4.57. The summed E-state index contributed by atoms with van der Waals surface area (Å²) in [4.78, 5) is 74.6. The Morgan fingerprint density at radius 3 is 1.91 bits per heavy atom. The number of esters is 2. The third-order valence-corrected chi connectivity index (χ3v) is 7.17. The molecule has 252 valence electrons. The van der Waals surface area contributed by atoms with Crippen LogP contribution >= 0.6 is 0 Å². The molecule has 0 bridgehead atoms. The van der Waals surface area contributed by atoms with Crippen molar-refractivity contribution in [2.45, 2.75) is 52.3 Å². The van der Waals surface area contributed by atoms with Gasteiger partial charge in [0.1, 0.15) is 25.2 Å². The molecule has 0 aromatic heterocycles. The summed E-state index contributed by atoms with van der Waals surface area (Å²) < 4.78 is 29.5. The molecule has 47 heavy (non-hydrogen) atoms. The fourth-order valence-electron chi connectivity index (χ4n) is 4.57. The van der Waals surface area contributed by atoms with Crippen molar-refractivity contribution in [1.29, 1.82) is 0 Å². The number of piperidine rings is 1. The van der Waals surface area contributed by atoms with Gasteiger partial charge in [-0.25, -0.2) is 18.9 Å². The molecule has 2 saturated heterocycles. The monoisotopic (exact) mass is 652 g/mol. The minimum atomic E-state index is -2.81. The van der Waals surface area contributed by atoms with Gasteiger partial charge < -0.3 is 14.2 Å². The molecule has 2 aromatic carbocycles. The number of ether oxygens (including phenoxy) is 3. The van der Waals surface area contributed by atoms with Gasteiger partial charge in [-0.3, -0.25) is 24.1 Å². The minimum Gasteiger partial charge on any atom is -0.461 e. The van der Waals surface area contributed by atoms with Crippen LogP contribution in [0, 0.1) is 5.41 Å². The summed E-state index contributed by atoms with van der Waals surface area (Å²) in [5.74, 6) is -4.31. The molecule has 2 aliphatic rings. The first-order valence-corrected chi connectivity index (χ1v) is 15.2. The normalized spacial score (nSPS) is 20.0. The van der Waals surface area contributed by atoms with Crippen LogP contribution in [-0.4, -0.2) is 77.5 Å². The molecule has 2 aromatic rings. The van der Waals surface area contributed by atoms with E-state index in [0.29, 0.717) is 0 Å². The molecular weight excluding hydrogens is 611 g/mol. The maximum Gasteiger partial charge on any atom is 0.416 e. The maximum absolute atomic E-state index is 14.8. The fraction of sp³-hybridized carbons (Fsp3) is 0.371. The summed E-state index contributed by atoms with van der Waals surface area (Å²) in [5, 5.41) is 0. The van der Waals surface area contributed by atoms with Gasteiger partial charge in [-0.05, 0) is 37.5 Å². The number of hydrogen-bond donors (Lipinski definition) is 0. The topological polar surface area (TPSA) is 137 Å². The molecule has 4 rings (SSSR count). The van der Waals surface area contributed by atoms with Crippen LogP contribution in [0.5, 0.6) is 0 Å². The molecule has 0 N–H and O–H groups in total. The summed E-state index contributed by atoms with van der Waals surface area (Å²) in [6, 6.07) is 17.2. The molecule has 2 atom stereocenters. The zero-order valence-corrected chi connectivity index (χ0v) is 26.9. The molecule has 12 heteroatoms. The molecule has 0 spiro atoms. The maximum atomic E-state index is 14.8. The number of nitrogens with zero attached hydrogens (tertiary/aromatic N) is 2. The van der Waals surface area contributed by atoms with Crippen molar-refractivity contribution in [3.05, 3.63) is 97.1 Å². The molecule has 2 fully saturated rings. The summed E-state index contributed by atoms with van der Waals surface area (Å²) in [7, 11) is 0. The van der Waals surface area contributed by atoms with Gasteiger partial charge in [0.2, 0.25) is 5.91 Å². The summed E-state index contributed by atoms with van der Waals surface area (Å²) in [6.07, 6.45) is 2.07. The van der Waals surface area contributed by atoms with Crippen molar-refractivity contribution in [2.75, 3.05) is 26.3 Å². The lowest BCUT2D eigenvalue weighted by molar-refractivity contribution is -0.169. The van der Waals surface area contributed by atoms with Gasteiger partial charge in [-0.15, -0.1) is 0 Å². The molecule has 0 radical (unpaired) electrons. The first-order chi connectivity index (χ1) is 22.5. The highest BCUT2D eigenvalue weighted by Gasteiger charge is 2.54. The third-order valence-electron chi connectivity index (χ3n) is 7.17. The predicted molar refractivity (Wildman–Crippen MR) is 170 cm³/mol. The molecular formula is C35H41FN2O9. The van der Waals surface area contributed by atoms with E-state index in [2.05, 4.69) is 17.9 Å². The Balaban J connectivity index is 0.000000311. The van der Waals surface area contributed by atoms with Crippen LogP contribution in [0.25, 0.3) is 0 Å². The number of amides is 4. The van der Waals surface area contributed by atoms with E-state index in [0.717, 1.165) is 15.4 Å². The average molecular weight is 653 g/mol. The second kappa shape index (κ2) is 18.1. The molecule has 0 aliphatic carbocycles. The second-order valence-electron chi connectivity index (χ2n) is 10.4. The Morgan fingerprint density at radius 1 is 0.787 bits per heavy atom. The van der Waals surface area contributed by atoms with Crippen molar-refractivity contribution in [2.24, 2.45) is 5.41 Å². The van der Waals surface area contributed by atoms with Crippen molar-refractivity contribution in [3.63, 3.8) is 0 Å². The van der Waals surface area contributed by atoms with Gasteiger partial charge in [-0.2, -0.15) is 0 Å². The van der Waals surface area contributed by atoms with Crippen LogP contribution < -0.4 is 0 Å². The number of alkyl halides is 1. The lowest BCUT2D eigenvalue weighted by Gasteiger charge is -2.33. The highest BCUT2D eigenvalue weighted by atomic mass is 19.1. The summed E-state index contributed by atoms with van der Waals surface area (Å²) >= 11 is 0. The van der Waals surface area contributed by atoms with Gasteiger partial charge >= 0.3 is 18.0 Å². The van der Waals surface area contributed by atoms with Crippen molar-refractivity contribution in [1.82, 2.24) is 9.80 Å². The quantitative estimate of drug-likeness (QED) is 0.118. The molecule has 0 saturated carbocycles. The first kappa shape index (κ1) is 38.1. The largest absolute Gasteiger partial charge is 0.461 e. The van der Waals surface area contributed by atoms with E-state index in [4.69, 9.17) is 9.47 Å². The Kier molecular flexibility index (Phi) is 14.7. The van der Waals surface area contributed by atoms with Crippen molar-refractivity contribution < 1.29 is 47.4 Å². The molecule has 2 aliphatic heterocycles. The van der Waals surface area contributed by atoms with E-state index < -0.39 is 46.8 Å². The van der Waals surface area contributed by atoms with Crippen LogP contribution in [0.2, 0.25) is 0 Å². The number of imide groups is 2. The van der Waals surface area contributed by atoms with Gasteiger partial charge in [0.05, 0.1) is 0 Å². The Morgan fingerprint density at radius 2 is 1.34 bits per heavy atom. The van der Waals surface area contributed by atoms with Crippen molar-refractivity contribution in [3.8, 4) is 0 Å². The van der Waals surface area contributed by atoms with E-state index in [1.807, 2.05) is 44.2 Å². The number of carbonyl (C=O) groups is 6. The van der Waals surface area contributed by atoms with E-state index in [1.54, 1.807) is 18.2 Å². The molecule has 2 unspecified atom stereocenters. The Labute approximate surface area is 273 Å². The van der Waals surface area contributed by atoms with Crippen molar-refractivity contribution >= 4 is 35.8 Å². The van der Waals surface area contributed by atoms with Crippen LogP contribution in [0.3, 0.4) is 0 Å². The van der Waals surface area contributed by atoms with E-state index in [-0.39, 0.29) is 57.7 Å². The lowest BCUT2D eigenvalue weighted by atomic mass is 9.89. The van der Waals surface area contributed by atoms with Gasteiger partial charge in [0.25, 0.3) is 17.5 Å². The molecule has 11 nitrogen and oxygen atoms in total. The average Bonchev–Trinajstić information content (AvgIpc) is 3.42. The summed E-state index contributed by atoms with van der Waals surface area (Å²) in [6.45, 7) is 12.4. The SMILES string of the molecule is C=CCOC(=O)C1(C)CCN(C(=O)OCc2ccccc2)C1=O.C=CCOC(=O)C1(F)CCCN(C(=O)c2ccccc2)C1=O.CC. The zero-order chi connectivity index (χ0) is 35.0. The smallest absolute Gasteiger partial charge is 0.416 e. The van der Waals surface area contributed by atoms with Gasteiger partial charge in [-0.1, -0.05) is 87.7 Å².